The van der Waals surface area contributed by atoms with Crippen LogP contribution in [-0.2, 0) is 6.54 Å². The van der Waals surface area contributed by atoms with E-state index in [0.29, 0.717) is 22.5 Å². The van der Waals surface area contributed by atoms with Crippen LogP contribution >= 0.6 is 23.2 Å². The third kappa shape index (κ3) is 3.14. The predicted octanol–water partition coefficient (Wildman–Crippen LogP) is 3.20. The van der Waals surface area contributed by atoms with Gasteiger partial charge in [0.05, 0.1) is 16.1 Å². The SMILES string of the molecule is CC1CCN(Cc2cccc(Cl)c2Cl)CC1O. The van der Waals surface area contributed by atoms with E-state index < -0.39 is 0 Å². The molecule has 2 unspecified atom stereocenters. The fourth-order valence-corrected chi connectivity index (χ4v) is 2.55. The third-order valence-corrected chi connectivity index (χ3v) is 4.29. The second kappa shape index (κ2) is 5.57. The Bertz CT molecular complexity index is 397. The lowest BCUT2D eigenvalue weighted by Crippen LogP contribution is -2.42. The van der Waals surface area contributed by atoms with Crippen LogP contribution in [0.4, 0.5) is 0 Å². The van der Waals surface area contributed by atoms with Gasteiger partial charge in [0.25, 0.3) is 0 Å². The first-order valence-electron chi connectivity index (χ1n) is 5.91. The molecule has 94 valence electrons. The fraction of sp³-hybridized carbons (Fsp3) is 0.538. The molecule has 1 N–H and O–H groups in total. The third-order valence-electron chi connectivity index (χ3n) is 3.43. The Morgan fingerprint density at radius 1 is 1.41 bits per heavy atom. The van der Waals surface area contributed by atoms with E-state index in [1.807, 2.05) is 12.1 Å². The standard InChI is InChI=1S/C13H17Cl2NO/c1-9-5-6-16(8-12(9)17)7-10-3-2-4-11(14)13(10)15/h2-4,9,12,17H,5-8H2,1H3. The lowest BCUT2D eigenvalue weighted by atomic mass is 9.96. The Labute approximate surface area is 112 Å². The van der Waals surface area contributed by atoms with Gasteiger partial charge in [0.15, 0.2) is 0 Å². The van der Waals surface area contributed by atoms with Gasteiger partial charge in [-0.1, -0.05) is 42.3 Å². The topological polar surface area (TPSA) is 23.5 Å². The van der Waals surface area contributed by atoms with Gasteiger partial charge in [0, 0.05) is 13.1 Å². The number of rotatable bonds is 2. The van der Waals surface area contributed by atoms with Crippen molar-refractivity contribution in [1.82, 2.24) is 4.90 Å². The monoisotopic (exact) mass is 273 g/mol. The zero-order chi connectivity index (χ0) is 12.4. The summed E-state index contributed by atoms with van der Waals surface area (Å²) in [6.07, 6.45) is 0.793. The van der Waals surface area contributed by atoms with Crippen molar-refractivity contribution in [3.8, 4) is 0 Å². The fourth-order valence-electron chi connectivity index (χ4n) is 2.17. The van der Waals surface area contributed by atoms with Gasteiger partial charge in [-0.25, -0.2) is 0 Å². The molecule has 17 heavy (non-hydrogen) atoms. The molecule has 0 saturated carbocycles. The maximum Gasteiger partial charge on any atom is 0.0693 e. The number of hydrogen-bond donors (Lipinski definition) is 1. The summed E-state index contributed by atoms with van der Waals surface area (Å²) in [6.45, 7) is 4.56. The molecule has 0 bridgehead atoms. The number of aliphatic hydroxyl groups excluding tert-OH is 1. The minimum absolute atomic E-state index is 0.235. The second-order valence-corrected chi connectivity index (χ2v) is 5.57. The first-order chi connectivity index (χ1) is 8.08. The quantitative estimate of drug-likeness (QED) is 0.895. The van der Waals surface area contributed by atoms with Crippen LogP contribution in [0.1, 0.15) is 18.9 Å². The number of aliphatic hydroxyl groups is 1. The largest absolute Gasteiger partial charge is 0.392 e. The smallest absolute Gasteiger partial charge is 0.0693 e. The molecule has 2 nitrogen and oxygen atoms in total. The van der Waals surface area contributed by atoms with Gasteiger partial charge < -0.3 is 5.11 Å². The normalized spacial score (nSPS) is 26.1. The zero-order valence-corrected chi connectivity index (χ0v) is 11.4. The Morgan fingerprint density at radius 3 is 2.88 bits per heavy atom. The van der Waals surface area contributed by atoms with Crippen molar-refractivity contribution in [3.05, 3.63) is 33.8 Å². The van der Waals surface area contributed by atoms with Crippen molar-refractivity contribution < 1.29 is 5.11 Å². The van der Waals surface area contributed by atoms with Crippen molar-refractivity contribution in [1.29, 1.82) is 0 Å². The number of benzene rings is 1. The highest BCUT2D eigenvalue weighted by Gasteiger charge is 2.24. The maximum absolute atomic E-state index is 9.85. The van der Waals surface area contributed by atoms with Crippen molar-refractivity contribution in [3.63, 3.8) is 0 Å². The molecule has 0 aromatic heterocycles. The first kappa shape index (κ1) is 13.2. The van der Waals surface area contributed by atoms with E-state index in [0.717, 1.165) is 25.1 Å². The van der Waals surface area contributed by atoms with Gasteiger partial charge in [0.1, 0.15) is 0 Å². The number of halogens is 2. The minimum atomic E-state index is -0.235. The molecule has 0 aliphatic carbocycles. The van der Waals surface area contributed by atoms with E-state index in [1.165, 1.54) is 0 Å². The molecular weight excluding hydrogens is 257 g/mol. The molecule has 2 rings (SSSR count). The summed E-state index contributed by atoms with van der Waals surface area (Å²) < 4.78 is 0. The summed E-state index contributed by atoms with van der Waals surface area (Å²) in [5.41, 5.74) is 1.03. The average molecular weight is 274 g/mol. The van der Waals surface area contributed by atoms with Crippen LogP contribution in [0.3, 0.4) is 0 Å². The summed E-state index contributed by atoms with van der Waals surface area (Å²) in [6, 6.07) is 5.69. The van der Waals surface area contributed by atoms with Gasteiger partial charge in [-0.2, -0.15) is 0 Å². The van der Waals surface area contributed by atoms with E-state index in [1.54, 1.807) is 6.07 Å². The lowest BCUT2D eigenvalue weighted by molar-refractivity contribution is 0.0259. The first-order valence-corrected chi connectivity index (χ1v) is 6.67. The van der Waals surface area contributed by atoms with Crippen LogP contribution in [0.15, 0.2) is 18.2 Å². The summed E-state index contributed by atoms with van der Waals surface area (Å²) in [5.74, 6) is 0.390. The highest BCUT2D eigenvalue weighted by molar-refractivity contribution is 6.42. The Morgan fingerprint density at radius 2 is 2.18 bits per heavy atom. The maximum atomic E-state index is 9.85. The van der Waals surface area contributed by atoms with E-state index in [9.17, 15) is 5.11 Å². The van der Waals surface area contributed by atoms with Crippen molar-refractivity contribution in [2.75, 3.05) is 13.1 Å². The highest BCUT2D eigenvalue weighted by atomic mass is 35.5. The summed E-state index contributed by atoms with van der Waals surface area (Å²) in [7, 11) is 0. The molecule has 1 aliphatic heterocycles. The van der Waals surface area contributed by atoms with Gasteiger partial charge >= 0.3 is 0 Å². The number of nitrogens with zero attached hydrogens (tertiary/aromatic N) is 1. The van der Waals surface area contributed by atoms with Gasteiger partial charge in [-0.3, -0.25) is 4.90 Å². The van der Waals surface area contributed by atoms with Crippen molar-refractivity contribution in [2.45, 2.75) is 26.0 Å². The zero-order valence-electron chi connectivity index (χ0n) is 9.87. The second-order valence-electron chi connectivity index (χ2n) is 4.78. The summed E-state index contributed by atoms with van der Waals surface area (Å²) in [5, 5.41) is 11.1. The van der Waals surface area contributed by atoms with Crippen LogP contribution in [0.2, 0.25) is 10.0 Å². The Balaban J connectivity index is 2.04. The van der Waals surface area contributed by atoms with E-state index in [-0.39, 0.29) is 6.10 Å². The summed E-state index contributed by atoms with van der Waals surface area (Å²) in [4.78, 5) is 2.22. The molecule has 1 heterocycles. The van der Waals surface area contributed by atoms with Crippen LogP contribution in [0.5, 0.6) is 0 Å². The van der Waals surface area contributed by atoms with E-state index >= 15 is 0 Å². The molecule has 0 amide bonds. The lowest BCUT2D eigenvalue weighted by Gasteiger charge is -2.34. The molecule has 1 fully saturated rings. The minimum Gasteiger partial charge on any atom is -0.392 e. The van der Waals surface area contributed by atoms with Gasteiger partial charge in [-0.05, 0) is 30.5 Å². The predicted molar refractivity (Wildman–Crippen MR) is 71.5 cm³/mol. The molecule has 0 radical (unpaired) electrons. The average Bonchev–Trinajstić information content (AvgIpc) is 2.30. The molecule has 0 spiro atoms. The molecule has 1 saturated heterocycles. The molecule has 1 aliphatic rings. The number of piperidine rings is 1. The van der Waals surface area contributed by atoms with Crippen LogP contribution in [0, 0.1) is 5.92 Å². The molecule has 1 aromatic rings. The molecule has 2 atom stereocenters. The van der Waals surface area contributed by atoms with E-state index in [2.05, 4.69) is 11.8 Å². The van der Waals surface area contributed by atoms with Crippen LogP contribution in [-0.4, -0.2) is 29.2 Å². The van der Waals surface area contributed by atoms with Crippen LogP contribution in [0.25, 0.3) is 0 Å². The number of likely N-dealkylation sites (tertiary alicyclic amines) is 1. The molecule has 4 heteroatoms. The Hall–Kier alpha value is -0.280. The van der Waals surface area contributed by atoms with Crippen molar-refractivity contribution in [2.24, 2.45) is 5.92 Å². The molecular formula is C13H17Cl2NO. The van der Waals surface area contributed by atoms with Gasteiger partial charge in [0.2, 0.25) is 0 Å². The van der Waals surface area contributed by atoms with E-state index in [4.69, 9.17) is 23.2 Å². The summed E-state index contributed by atoms with van der Waals surface area (Å²) >= 11 is 12.1. The molecule has 1 aromatic carbocycles. The highest BCUT2D eigenvalue weighted by Crippen LogP contribution is 2.27. The van der Waals surface area contributed by atoms with Crippen molar-refractivity contribution >= 4 is 23.2 Å². The number of hydrogen-bond acceptors (Lipinski definition) is 2. The van der Waals surface area contributed by atoms with Gasteiger partial charge in [-0.15, -0.1) is 0 Å². The number of β-amino-alcohol motifs (C(OH)–C–C–N with tert-alkyl or cyclic N) is 1. The van der Waals surface area contributed by atoms with Crippen LogP contribution < -0.4 is 0 Å². The Kier molecular flexibility index (Phi) is 4.31.